The quantitative estimate of drug-likeness (QED) is 0.525. The average Bonchev–Trinajstić information content (AvgIpc) is 3.37. The molecule has 1 fully saturated rings. The molecule has 0 amide bonds. The summed E-state index contributed by atoms with van der Waals surface area (Å²) in [4.78, 5) is 11.9. The normalized spacial score (nSPS) is 24.1. The maximum Gasteiger partial charge on any atom is 0.161 e. The summed E-state index contributed by atoms with van der Waals surface area (Å²) < 4.78 is 7.38. The van der Waals surface area contributed by atoms with E-state index in [1.54, 1.807) is 0 Å². The van der Waals surface area contributed by atoms with Crippen LogP contribution in [0.5, 0.6) is 0 Å². The molecule has 0 spiro atoms. The third kappa shape index (κ3) is 3.11. The van der Waals surface area contributed by atoms with E-state index in [0.717, 1.165) is 39.0 Å². The van der Waals surface area contributed by atoms with E-state index in [1.165, 1.54) is 0 Å². The highest BCUT2D eigenvalue weighted by Crippen LogP contribution is 2.48. The second-order valence-electron chi connectivity index (χ2n) is 6.85. The number of amidine groups is 1. The predicted molar refractivity (Wildman–Crippen MR) is 113 cm³/mol. The summed E-state index contributed by atoms with van der Waals surface area (Å²) in [6.45, 7) is 3.22. The second-order valence-corrected chi connectivity index (χ2v) is 9.17. The Morgan fingerprint density at radius 3 is 2.74 bits per heavy atom. The van der Waals surface area contributed by atoms with Crippen molar-refractivity contribution >= 4 is 32.9 Å². The Labute approximate surface area is 170 Å². The summed E-state index contributed by atoms with van der Waals surface area (Å²) in [6.07, 6.45) is 1.83. The summed E-state index contributed by atoms with van der Waals surface area (Å²) in [6, 6.07) is 18.4. The van der Waals surface area contributed by atoms with Gasteiger partial charge in [0.25, 0.3) is 0 Å². The Hall–Kier alpha value is -2.05. The molecule has 0 radical (unpaired) electrons. The lowest BCUT2D eigenvalue weighted by Gasteiger charge is -2.25. The maximum atomic E-state index is 6.32. The smallest absolute Gasteiger partial charge is 0.161 e. The van der Waals surface area contributed by atoms with Crippen LogP contribution in [0.4, 0.5) is 0 Å². The molecule has 1 aromatic carbocycles. The van der Waals surface area contributed by atoms with Crippen molar-refractivity contribution in [1.82, 2.24) is 9.88 Å². The van der Waals surface area contributed by atoms with Crippen molar-refractivity contribution in [2.45, 2.75) is 24.3 Å². The van der Waals surface area contributed by atoms with Gasteiger partial charge in [-0.15, -0.1) is 0 Å². The standard InChI is InChI=1S/C21H18BrN3OS/c1-13-12-25-20(19(24-21(25)27-13)16-4-2-3-11-23-16)18-10-9-17(26-18)14-5-7-15(22)8-6-14/h2-11,13,19-20H,12H2,1H3/t13-,19-,20-/m1/s1. The van der Waals surface area contributed by atoms with Gasteiger partial charge in [-0.3, -0.25) is 4.98 Å². The SMILES string of the molecule is C[C@@H]1CN2C(=N[C@H](c3ccccn3)[C@H]2c2ccc(-c3ccc(Br)cc3)o2)S1. The molecule has 4 heterocycles. The molecule has 0 saturated carbocycles. The lowest BCUT2D eigenvalue weighted by atomic mass is 10.0. The van der Waals surface area contributed by atoms with Crippen molar-refractivity contribution in [1.29, 1.82) is 0 Å². The van der Waals surface area contributed by atoms with Gasteiger partial charge in [-0.1, -0.05) is 52.8 Å². The summed E-state index contributed by atoms with van der Waals surface area (Å²) in [7, 11) is 0. The minimum Gasteiger partial charge on any atom is -0.459 e. The minimum absolute atomic E-state index is 0.0369. The van der Waals surface area contributed by atoms with Crippen molar-refractivity contribution in [3.05, 3.63) is 76.7 Å². The Morgan fingerprint density at radius 2 is 1.96 bits per heavy atom. The summed E-state index contributed by atoms with van der Waals surface area (Å²) in [5.41, 5.74) is 2.06. The Bertz CT molecular complexity index is 986. The molecule has 0 N–H and O–H groups in total. The van der Waals surface area contributed by atoms with E-state index in [4.69, 9.17) is 9.41 Å². The Morgan fingerprint density at radius 1 is 1.11 bits per heavy atom. The molecule has 2 aliphatic heterocycles. The molecule has 136 valence electrons. The molecule has 6 heteroatoms. The van der Waals surface area contributed by atoms with Gasteiger partial charge in [0, 0.05) is 28.0 Å². The van der Waals surface area contributed by atoms with E-state index in [1.807, 2.05) is 42.2 Å². The number of benzene rings is 1. The molecule has 2 aromatic heterocycles. The zero-order valence-electron chi connectivity index (χ0n) is 14.7. The third-order valence-electron chi connectivity index (χ3n) is 4.93. The van der Waals surface area contributed by atoms with Crippen LogP contribution in [0.25, 0.3) is 11.3 Å². The first-order valence-electron chi connectivity index (χ1n) is 8.97. The van der Waals surface area contributed by atoms with Crippen molar-refractivity contribution < 1.29 is 4.42 Å². The number of furan rings is 1. The fourth-order valence-electron chi connectivity index (χ4n) is 3.71. The molecule has 1 saturated heterocycles. The monoisotopic (exact) mass is 439 g/mol. The van der Waals surface area contributed by atoms with Crippen LogP contribution < -0.4 is 0 Å². The molecular weight excluding hydrogens is 422 g/mol. The number of halogens is 1. The predicted octanol–water partition coefficient (Wildman–Crippen LogP) is 5.69. The zero-order valence-corrected chi connectivity index (χ0v) is 17.2. The third-order valence-corrected chi connectivity index (χ3v) is 6.56. The van der Waals surface area contributed by atoms with Crippen LogP contribution in [0.1, 0.15) is 30.5 Å². The first-order valence-corrected chi connectivity index (χ1v) is 10.6. The van der Waals surface area contributed by atoms with Crippen molar-refractivity contribution in [3.63, 3.8) is 0 Å². The molecule has 0 unspecified atom stereocenters. The zero-order chi connectivity index (χ0) is 18.4. The first-order chi connectivity index (χ1) is 13.2. The van der Waals surface area contributed by atoms with Crippen molar-refractivity contribution in [2.24, 2.45) is 4.99 Å². The van der Waals surface area contributed by atoms with Crippen LogP contribution in [0, 0.1) is 0 Å². The largest absolute Gasteiger partial charge is 0.459 e. The van der Waals surface area contributed by atoms with E-state index in [9.17, 15) is 0 Å². The van der Waals surface area contributed by atoms with Crippen LogP contribution >= 0.6 is 27.7 Å². The van der Waals surface area contributed by atoms with E-state index in [2.05, 4.69) is 63.1 Å². The van der Waals surface area contributed by atoms with Gasteiger partial charge in [0.2, 0.25) is 0 Å². The highest BCUT2D eigenvalue weighted by molar-refractivity contribution is 9.10. The van der Waals surface area contributed by atoms with Crippen LogP contribution in [0.2, 0.25) is 0 Å². The topological polar surface area (TPSA) is 41.6 Å². The maximum absolute atomic E-state index is 6.32. The van der Waals surface area contributed by atoms with Gasteiger partial charge in [0.15, 0.2) is 5.17 Å². The van der Waals surface area contributed by atoms with Crippen LogP contribution in [0.3, 0.4) is 0 Å². The van der Waals surface area contributed by atoms with Gasteiger partial charge in [0.1, 0.15) is 23.6 Å². The number of thioether (sulfide) groups is 1. The Kier molecular flexibility index (Phi) is 4.32. The Balaban J connectivity index is 1.53. The lowest BCUT2D eigenvalue weighted by molar-refractivity contribution is 0.277. The number of hydrogen-bond donors (Lipinski definition) is 0. The molecule has 0 aliphatic carbocycles. The molecule has 27 heavy (non-hydrogen) atoms. The fourth-order valence-corrected chi connectivity index (χ4v) is 5.06. The molecule has 5 rings (SSSR count). The number of fused-ring (bicyclic) bond motifs is 1. The number of hydrogen-bond acceptors (Lipinski definition) is 5. The lowest BCUT2D eigenvalue weighted by Crippen LogP contribution is -2.28. The first kappa shape index (κ1) is 17.1. The molecular formula is C21H18BrN3OS. The number of aliphatic imine (C=N–C) groups is 1. The molecule has 2 aliphatic rings. The van der Waals surface area contributed by atoms with Crippen molar-refractivity contribution in [3.8, 4) is 11.3 Å². The van der Waals surface area contributed by atoms with E-state index in [-0.39, 0.29) is 12.1 Å². The number of pyridine rings is 1. The fraction of sp³-hybridized carbons (Fsp3) is 0.238. The molecule has 3 atom stereocenters. The highest BCUT2D eigenvalue weighted by Gasteiger charge is 2.45. The van der Waals surface area contributed by atoms with E-state index < -0.39 is 0 Å². The van der Waals surface area contributed by atoms with Crippen LogP contribution in [-0.4, -0.2) is 26.8 Å². The molecule has 0 bridgehead atoms. The number of aromatic nitrogens is 1. The van der Waals surface area contributed by atoms with Gasteiger partial charge >= 0.3 is 0 Å². The van der Waals surface area contributed by atoms with E-state index >= 15 is 0 Å². The number of nitrogens with zero attached hydrogens (tertiary/aromatic N) is 3. The molecule has 3 aromatic rings. The van der Waals surface area contributed by atoms with Gasteiger partial charge in [-0.25, -0.2) is 4.99 Å². The minimum atomic E-state index is -0.0369. The van der Waals surface area contributed by atoms with E-state index in [0.29, 0.717) is 5.25 Å². The summed E-state index contributed by atoms with van der Waals surface area (Å²) in [5.74, 6) is 1.82. The van der Waals surface area contributed by atoms with Crippen LogP contribution in [-0.2, 0) is 0 Å². The van der Waals surface area contributed by atoms with Crippen LogP contribution in [0.15, 0.2) is 74.7 Å². The molecule has 4 nitrogen and oxygen atoms in total. The van der Waals surface area contributed by atoms with Gasteiger partial charge in [-0.2, -0.15) is 0 Å². The van der Waals surface area contributed by atoms with Gasteiger partial charge in [-0.05, 0) is 36.4 Å². The van der Waals surface area contributed by atoms with Gasteiger partial charge < -0.3 is 9.32 Å². The van der Waals surface area contributed by atoms with Crippen molar-refractivity contribution in [2.75, 3.05) is 6.54 Å². The van der Waals surface area contributed by atoms with Gasteiger partial charge in [0.05, 0.1) is 5.69 Å². The summed E-state index contributed by atoms with van der Waals surface area (Å²) in [5, 5.41) is 1.64. The average molecular weight is 440 g/mol. The summed E-state index contributed by atoms with van der Waals surface area (Å²) >= 11 is 5.32. The second kappa shape index (κ2) is 6.84. The number of rotatable bonds is 3. The highest BCUT2D eigenvalue weighted by atomic mass is 79.9.